The Morgan fingerprint density at radius 1 is 1.36 bits per heavy atom. The number of pyridine rings is 1. The molecule has 0 amide bonds. The summed E-state index contributed by atoms with van der Waals surface area (Å²) in [5, 5.41) is 10.5. The first kappa shape index (κ1) is 9.94. The fourth-order valence-corrected chi connectivity index (χ4v) is 2.25. The van der Waals surface area contributed by atoms with Gasteiger partial charge < -0.3 is 5.11 Å². The van der Waals surface area contributed by atoms with Gasteiger partial charge in [-0.3, -0.25) is 4.98 Å². The van der Waals surface area contributed by atoms with Gasteiger partial charge in [-0.05, 0) is 25.0 Å². The van der Waals surface area contributed by atoms with Crippen LogP contribution in [-0.2, 0) is 0 Å². The van der Waals surface area contributed by atoms with E-state index < -0.39 is 0 Å². The van der Waals surface area contributed by atoms with Crippen LogP contribution in [0, 0.1) is 0 Å². The maximum atomic E-state index is 9.83. The number of aliphatic hydroxyl groups is 1. The molecule has 0 saturated heterocycles. The topological polar surface area (TPSA) is 33.1 Å². The minimum Gasteiger partial charge on any atom is -0.392 e. The van der Waals surface area contributed by atoms with E-state index in [-0.39, 0.29) is 12.0 Å². The third-order valence-corrected chi connectivity index (χ3v) is 3.09. The van der Waals surface area contributed by atoms with E-state index in [9.17, 15) is 5.11 Å². The highest BCUT2D eigenvalue weighted by Gasteiger charge is 2.25. The first-order valence-electron chi connectivity index (χ1n) is 5.07. The maximum Gasteiger partial charge on any atom is 0.0623 e. The molecule has 0 unspecified atom stereocenters. The van der Waals surface area contributed by atoms with Gasteiger partial charge in [-0.25, -0.2) is 0 Å². The van der Waals surface area contributed by atoms with Crippen LogP contribution in [0.5, 0.6) is 0 Å². The molecule has 0 radical (unpaired) electrons. The van der Waals surface area contributed by atoms with Crippen LogP contribution in [0.15, 0.2) is 18.3 Å². The summed E-state index contributed by atoms with van der Waals surface area (Å²) in [5.41, 5.74) is 0.935. The molecule has 2 rings (SSSR count). The highest BCUT2D eigenvalue weighted by atomic mass is 35.5. The van der Waals surface area contributed by atoms with Crippen LogP contribution >= 0.6 is 11.6 Å². The van der Waals surface area contributed by atoms with Gasteiger partial charge in [-0.15, -0.1) is 0 Å². The standard InChI is InChI=1S/C11H14ClNO/c12-8-5-6-13-10(7-8)9-3-1-2-4-11(9)14/h5-7,9,11,14H,1-4H2/t9-,11+/m0/s1. The number of hydrogen-bond acceptors (Lipinski definition) is 2. The Bertz CT molecular complexity index is 316. The second kappa shape index (κ2) is 4.28. The van der Waals surface area contributed by atoms with Crippen LogP contribution in [0.4, 0.5) is 0 Å². The van der Waals surface area contributed by atoms with E-state index in [0.29, 0.717) is 5.02 Å². The van der Waals surface area contributed by atoms with Gasteiger partial charge in [0.2, 0.25) is 0 Å². The fraction of sp³-hybridized carbons (Fsp3) is 0.545. The zero-order valence-corrected chi connectivity index (χ0v) is 8.74. The zero-order valence-electron chi connectivity index (χ0n) is 7.99. The minimum atomic E-state index is -0.241. The van der Waals surface area contributed by atoms with E-state index in [1.54, 1.807) is 12.3 Å². The lowest BCUT2D eigenvalue weighted by atomic mass is 9.84. The van der Waals surface area contributed by atoms with Gasteiger partial charge in [0.15, 0.2) is 0 Å². The third-order valence-electron chi connectivity index (χ3n) is 2.85. The smallest absolute Gasteiger partial charge is 0.0623 e. The van der Waals surface area contributed by atoms with Gasteiger partial charge >= 0.3 is 0 Å². The molecule has 0 bridgehead atoms. The van der Waals surface area contributed by atoms with Crippen molar-refractivity contribution in [2.24, 2.45) is 0 Å². The molecule has 14 heavy (non-hydrogen) atoms. The van der Waals surface area contributed by atoms with Crippen molar-refractivity contribution in [2.75, 3.05) is 0 Å². The first-order valence-corrected chi connectivity index (χ1v) is 5.44. The number of hydrogen-bond donors (Lipinski definition) is 1. The molecule has 1 aliphatic carbocycles. The molecular weight excluding hydrogens is 198 g/mol. The zero-order chi connectivity index (χ0) is 9.97. The number of rotatable bonds is 1. The van der Waals surface area contributed by atoms with Crippen molar-refractivity contribution >= 4 is 11.6 Å². The Morgan fingerprint density at radius 2 is 2.14 bits per heavy atom. The molecule has 0 aromatic carbocycles. The lowest BCUT2D eigenvalue weighted by molar-refractivity contribution is 0.104. The number of halogens is 1. The summed E-state index contributed by atoms with van der Waals surface area (Å²) in [6.45, 7) is 0. The molecule has 1 aliphatic rings. The molecular formula is C11H14ClNO. The average molecular weight is 212 g/mol. The Kier molecular flexibility index (Phi) is 3.04. The molecule has 2 atom stereocenters. The maximum absolute atomic E-state index is 9.83. The van der Waals surface area contributed by atoms with Crippen LogP contribution in [0.3, 0.4) is 0 Å². The van der Waals surface area contributed by atoms with Gasteiger partial charge in [-0.1, -0.05) is 24.4 Å². The lowest BCUT2D eigenvalue weighted by Crippen LogP contribution is -2.23. The van der Waals surface area contributed by atoms with E-state index in [2.05, 4.69) is 4.98 Å². The van der Waals surface area contributed by atoms with Crippen molar-refractivity contribution in [3.05, 3.63) is 29.0 Å². The van der Waals surface area contributed by atoms with Crippen LogP contribution in [0.2, 0.25) is 5.02 Å². The molecule has 1 fully saturated rings. The van der Waals surface area contributed by atoms with Crippen LogP contribution < -0.4 is 0 Å². The van der Waals surface area contributed by atoms with Crippen molar-refractivity contribution < 1.29 is 5.11 Å². The molecule has 3 heteroatoms. The van der Waals surface area contributed by atoms with E-state index in [1.807, 2.05) is 6.07 Å². The SMILES string of the molecule is O[C@@H]1CCCC[C@H]1c1cc(Cl)ccn1. The van der Waals surface area contributed by atoms with Gasteiger partial charge in [0.05, 0.1) is 6.10 Å². The predicted molar refractivity (Wildman–Crippen MR) is 56.5 cm³/mol. The van der Waals surface area contributed by atoms with Crippen molar-refractivity contribution in [2.45, 2.75) is 37.7 Å². The van der Waals surface area contributed by atoms with Gasteiger partial charge in [0.25, 0.3) is 0 Å². The van der Waals surface area contributed by atoms with Crippen molar-refractivity contribution in [1.82, 2.24) is 4.98 Å². The molecule has 0 aliphatic heterocycles. The van der Waals surface area contributed by atoms with E-state index in [4.69, 9.17) is 11.6 Å². The number of nitrogens with zero attached hydrogens (tertiary/aromatic N) is 1. The predicted octanol–water partition coefficient (Wildman–Crippen LogP) is 2.75. The summed E-state index contributed by atoms with van der Waals surface area (Å²) < 4.78 is 0. The summed E-state index contributed by atoms with van der Waals surface area (Å²) >= 11 is 5.89. The molecule has 1 heterocycles. The van der Waals surface area contributed by atoms with Crippen LogP contribution in [0.25, 0.3) is 0 Å². The average Bonchev–Trinajstić information content (AvgIpc) is 2.18. The monoisotopic (exact) mass is 211 g/mol. The molecule has 2 nitrogen and oxygen atoms in total. The summed E-state index contributed by atoms with van der Waals surface area (Å²) in [6, 6.07) is 3.63. The second-order valence-electron chi connectivity index (χ2n) is 3.86. The fourth-order valence-electron chi connectivity index (χ4n) is 2.08. The summed E-state index contributed by atoms with van der Waals surface area (Å²) in [4.78, 5) is 4.27. The largest absolute Gasteiger partial charge is 0.392 e. The summed E-state index contributed by atoms with van der Waals surface area (Å²) in [6.07, 6.45) is 5.68. The van der Waals surface area contributed by atoms with Crippen molar-refractivity contribution in [3.8, 4) is 0 Å². The first-order chi connectivity index (χ1) is 6.77. The highest BCUT2D eigenvalue weighted by molar-refractivity contribution is 6.30. The van der Waals surface area contributed by atoms with Gasteiger partial charge in [0.1, 0.15) is 0 Å². The lowest BCUT2D eigenvalue weighted by Gasteiger charge is -2.26. The van der Waals surface area contributed by atoms with Crippen molar-refractivity contribution in [1.29, 1.82) is 0 Å². The summed E-state index contributed by atoms with van der Waals surface area (Å²) in [5.74, 6) is 0.183. The molecule has 1 N–H and O–H groups in total. The van der Waals surface area contributed by atoms with E-state index in [1.165, 1.54) is 6.42 Å². The second-order valence-corrected chi connectivity index (χ2v) is 4.29. The number of aliphatic hydroxyl groups excluding tert-OH is 1. The van der Waals surface area contributed by atoms with E-state index in [0.717, 1.165) is 25.0 Å². The molecule has 1 saturated carbocycles. The summed E-state index contributed by atoms with van der Waals surface area (Å²) in [7, 11) is 0. The van der Waals surface area contributed by atoms with Crippen molar-refractivity contribution in [3.63, 3.8) is 0 Å². The molecule has 76 valence electrons. The Balaban J connectivity index is 2.20. The van der Waals surface area contributed by atoms with Gasteiger partial charge in [-0.2, -0.15) is 0 Å². The normalized spacial score (nSPS) is 27.6. The third kappa shape index (κ3) is 2.07. The molecule has 1 aromatic heterocycles. The quantitative estimate of drug-likeness (QED) is 0.775. The highest BCUT2D eigenvalue weighted by Crippen LogP contribution is 2.32. The Morgan fingerprint density at radius 3 is 2.86 bits per heavy atom. The minimum absolute atomic E-state index is 0.183. The number of aromatic nitrogens is 1. The van der Waals surface area contributed by atoms with E-state index >= 15 is 0 Å². The Labute approximate surface area is 88.9 Å². The van der Waals surface area contributed by atoms with Crippen LogP contribution in [-0.4, -0.2) is 16.2 Å². The van der Waals surface area contributed by atoms with Crippen LogP contribution in [0.1, 0.15) is 37.3 Å². The molecule has 1 aromatic rings. The Hall–Kier alpha value is -0.600. The van der Waals surface area contributed by atoms with Gasteiger partial charge in [0, 0.05) is 22.8 Å². The molecule has 0 spiro atoms.